The van der Waals surface area contributed by atoms with Gasteiger partial charge < -0.3 is 5.32 Å². The van der Waals surface area contributed by atoms with Gasteiger partial charge in [-0.1, -0.05) is 0 Å². The Labute approximate surface area is 183 Å². The molecule has 1 aromatic carbocycles. The van der Waals surface area contributed by atoms with Gasteiger partial charge in [-0.25, -0.2) is 23.1 Å². The molecule has 1 amide bonds. The molecule has 0 fully saturated rings. The summed E-state index contributed by atoms with van der Waals surface area (Å²) in [5, 5.41) is 16.5. The minimum absolute atomic E-state index is 0.130. The number of aromatic nitrogens is 4. The van der Waals surface area contributed by atoms with Gasteiger partial charge in [-0.05, 0) is 37.3 Å². The van der Waals surface area contributed by atoms with Gasteiger partial charge in [0.15, 0.2) is 0 Å². The maximum absolute atomic E-state index is 13.0. The number of nitrogens with one attached hydrogen (secondary N) is 2. The first-order valence-electron chi connectivity index (χ1n) is 8.87. The standard InChI is InChI=1S/C17H14F3N7O5S/c1-10-14(27(29)30)15(17(18,19)20)24-26(10)9-13(28)23-11-3-5-12(6-4-11)33(31,32)25-16-21-7-2-8-22-16/h2-8H,9H2,1H3,(H,23,28)(H,21,22,25). The third-order valence-electron chi connectivity index (χ3n) is 4.16. The number of rotatable bonds is 7. The van der Waals surface area contributed by atoms with E-state index in [0.717, 1.165) is 6.92 Å². The van der Waals surface area contributed by atoms with Crippen molar-refractivity contribution in [1.82, 2.24) is 19.7 Å². The molecule has 0 aliphatic rings. The molecule has 174 valence electrons. The number of nitro groups is 1. The van der Waals surface area contributed by atoms with Crippen molar-refractivity contribution in [2.75, 3.05) is 10.0 Å². The summed E-state index contributed by atoms with van der Waals surface area (Å²) in [5.41, 5.74) is -3.26. The second-order valence-corrected chi connectivity index (χ2v) is 8.13. The Hall–Kier alpha value is -4.08. The zero-order valence-corrected chi connectivity index (χ0v) is 17.4. The predicted octanol–water partition coefficient (Wildman–Crippen LogP) is 2.35. The summed E-state index contributed by atoms with van der Waals surface area (Å²) >= 11 is 0. The Bertz CT molecular complexity index is 1290. The van der Waals surface area contributed by atoms with Gasteiger partial charge in [-0.2, -0.15) is 18.3 Å². The third-order valence-corrected chi connectivity index (χ3v) is 5.50. The lowest BCUT2D eigenvalue weighted by Crippen LogP contribution is -2.21. The van der Waals surface area contributed by atoms with Crippen molar-refractivity contribution < 1.29 is 31.3 Å². The maximum atomic E-state index is 13.0. The van der Waals surface area contributed by atoms with Crippen molar-refractivity contribution in [3.63, 3.8) is 0 Å². The molecule has 2 N–H and O–H groups in total. The molecule has 3 rings (SSSR count). The molecule has 0 aliphatic carbocycles. The van der Waals surface area contributed by atoms with E-state index in [9.17, 15) is 36.5 Å². The molecule has 0 atom stereocenters. The highest BCUT2D eigenvalue weighted by Gasteiger charge is 2.44. The molecule has 0 unspecified atom stereocenters. The Kier molecular flexibility index (Phi) is 6.30. The van der Waals surface area contributed by atoms with Crippen molar-refractivity contribution in [2.24, 2.45) is 0 Å². The number of halogens is 3. The molecular formula is C17H14F3N7O5S. The number of anilines is 2. The van der Waals surface area contributed by atoms with E-state index in [-0.39, 0.29) is 16.5 Å². The molecule has 2 heterocycles. The van der Waals surface area contributed by atoms with Crippen molar-refractivity contribution in [2.45, 2.75) is 24.5 Å². The van der Waals surface area contributed by atoms with Gasteiger partial charge in [0.05, 0.1) is 9.82 Å². The maximum Gasteiger partial charge on any atom is 0.442 e. The van der Waals surface area contributed by atoms with Crippen LogP contribution in [0.4, 0.5) is 30.5 Å². The SMILES string of the molecule is Cc1c([N+](=O)[O-])c(C(F)(F)F)nn1CC(=O)Nc1ccc(S(=O)(=O)Nc2ncccn2)cc1. The fourth-order valence-electron chi connectivity index (χ4n) is 2.69. The van der Waals surface area contributed by atoms with Crippen LogP contribution < -0.4 is 10.0 Å². The lowest BCUT2D eigenvalue weighted by atomic mass is 10.3. The number of carbonyl (C=O) groups excluding carboxylic acids is 1. The lowest BCUT2D eigenvalue weighted by molar-refractivity contribution is -0.388. The van der Waals surface area contributed by atoms with Gasteiger partial charge in [-0.15, -0.1) is 0 Å². The quantitative estimate of drug-likeness (QED) is 0.381. The molecule has 12 nitrogen and oxygen atoms in total. The van der Waals surface area contributed by atoms with Crippen molar-refractivity contribution in [1.29, 1.82) is 0 Å². The van der Waals surface area contributed by atoms with Crippen molar-refractivity contribution in [3.8, 4) is 0 Å². The molecular weight excluding hydrogens is 471 g/mol. The molecule has 33 heavy (non-hydrogen) atoms. The van der Waals surface area contributed by atoms with E-state index < -0.39 is 50.7 Å². The first-order chi connectivity index (χ1) is 15.4. The number of alkyl halides is 3. The summed E-state index contributed by atoms with van der Waals surface area (Å²) in [5.74, 6) is -0.979. The smallest absolute Gasteiger partial charge is 0.324 e. The second kappa shape index (κ2) is 8.81. The van der Waals surface area contributed by atoms with Gasteiger partial charge in [0.2, 0.25) is 17.5 Å². The van der Waals surface area contributed by atoms with Crippen LogP contribution in [0.5, 0.6) is 0 Å². The molecule has 0 spiro atoms. The van der Waals surface area contributed by atoms with E-state index in [0.29, 0.717) is 4.68 Å². The average Bonchev–Trinajstić information content (AvgIpc) is 3.05. The molecule has 3 aromatic rings. The van der Waals surface area contributed by atoms with E-state index >= 15 is 0 Å². The molecule has 0 radical (unpaired) electrons. The summed E-state index contributed by atoms with van der Waals surface area (Å²) in [6.07, 6.45) is -2.39. The zero-order valence-electron chi connectivity index (χ0n) is 16.6. The molecule has 16 heteroatoms. The van der Waals surface area contributed by atoms with Gasteiger partial charge in [0, 0.05) is 18.1 Å². The molecule has 0 bridgehead atoms. The van der Waals surface area contributed by atoms with Crippen molar-refractivity contribution >= 4 is 33.3 Å². The van der Waals surface area contributed by atoms with Crippen LogP contribution in [0.25, 0.3) is 0 Å². The number of carbonyl (C=O) groups is 1. The van der Waals surface area contributed by atoms with E-state index in [1.165, 1.54) is 42.7 Å². The fourth-order valence-corrected chi connectivity index (χ4v) is 3.64. The molecule has 0 aliphatic heterocycles. The minimum Gasteiger partial charge on any atom is -0.324 e. The number of hydrogen-bond donors (Lipinski definition) is 2. The van der Waals surface area contributed by atoms with E-state index in [4.69, 9.17) is 0 Å². The van der Waals surface area contributed by atoms with Crippen molar-refractivity contribution in [3.05, 3.63) is 64.2 Å². The first-order valence-corrected chi connectivity index (χ1v) is 10.4. The van der Waals surface area contributed by atoms with Gasteiger partial charge in [0.1, 0.15) is 12.2 Å². The highest BCUT2D eigenvalue weighted by atomic mass is 32.2. The van der Waals surface area contributed by atoms with Gasteiger partial charge in [0.25, 0.3) is 10.0 Å². The summed E-state index contributed by atoms with van der Waals surface area (Å²) < 4.78 is 66.5. The van der Waals surface area contributed by atoms with Crippen LogP contribution in [0, 0.1) is 17.0 Å². The van der Waals surface area contributed by atoms with Crippen LogP contribution in [0.2, 0.25) is 0 Å². The Morgan fingerprint density at radius 2 is 1.79 bits per heavy atom. The Balaban J connectivity index is 1.72. The fraction of sp³-hybridized carbons (Fsp3) is 0.176. The minimum atomic E-state index is -5.07. The Morgan fingerprint density at radius 3 is 2.30 bits per heavy atom. The third kappa shape index (κ3) is 5.40. The second-order valence-electron chi connectivity index (χ2n) is 6.45. The number of hydrogen-bond acceptors (Lipinski definition) is 8. The van der Waals surface area contributed by atoms with Crippen LogP contribution in [0.15, 0.2) is 47.6 Å². The highest BCUT2D eigenvalue weighted by molar-refractivity contribution is 7.92. The topological polar surface area (TPSA) is 162 Å². The Morgan fingerprint density at radius 1 is 1.18 bits per heavy atom. The first kappa shape index (κ1) is 23.6. The van der Waals surface area contributed by atoms with Gasteiger partial charge >= 0.3 is 11.9 Å². The van der Waals surface area contributed by atoms with Gasteiger partial charge in [-0.3, -0.25) is 19.6 Å². The van der Waals surface area contributed by atoms with E-state index in [2.05, 4.69) is 25.1 Å². The van der Waals surface area contributed by atoms with E-state index in [1.54, 1.807) is 0 Å². The highest BCUT2D eigenvalue weighted by Crippen LogP contribution is 2.36. The van der Waals surface area contributed by atoms with Crippen LogP contribution >= 0.6 is 0 Å². The van der Waals surface area contributed by atoms with Crippen LogP contribution in [-0.4, -0.2) is 39.0 Å². The molecule has 0 saturated heterocycles. The van der Waals surface area contributed by atoms with Crippen LogP contribution in [0.3, 0.4) is 0 Å². The number of amides is 1. The molecule has 0 saturated carbocycles. The normalized spacial score (nSPS) is 11.8. The monoisotopic (exact) mass is 485 g/mol. The van der Waals surface area contributed by atoms with E-state index in [1.807, 2.05) is 0 Å². The molecule has 2 aromatic heterocycles. The van der Waals surface area contributed by atoms with Crippen LogP contribution in [0.1, 0.15) is 11.4 Å². The predicted molar refractivity (Wildman–Crippen MR) is 107 cm³/mol. The largest absolute Gasteiger partial charge is 0.442 e. The number of nitrogens with zero attached hydrogens (tertiary/aromatic N) is 5. The number of benzene rings is 1. The number of sulfonamides is 1. The summed E-state index contributed by atoms with van der Waals surface area (Å²) in [7, 11) is -4.01. The summed E-state index contributed by atoms with van der Waals surface area (Å²) in [6, 6.07) is 6.34. The zero-order chi connectivity index (χ0) is 24.4. The summed E-state index contributed by atoms with van der Waals surface area (Å²) in [4.78, 5) is 29.3. The lowest BCUT2D eigenvalue weighted by Gasteiger charge is -2.09. The van der Waals surface area contributed by atoms with Crippen LogP contribution in [-0.2, 0) is 27.5 Å². The average molecular weight is 485 g/mol. The summed E-state index contributed by atoms with van der Waals surface area (Å²) in [6.45, 7) is 0.298.